The molecule has 1 aliphatic heterocycles. The molecular formula is C16H19NO3. The Morgan fingerprint density at radius 3 is 2.80 bits per heavy atom. The van der Waals surface area contributed by atoms with E-state index in [0.29, 0.717) is 5.56 Å². The van der Waals surface area contributed by atoms with Gasteiger partial charge in [-0.15, -0.1) is 0 Å². The Morgan fingerprint density at radius 2 is 2.15 bits per heavy atom. The van der Waals surface area contributed by atoms with E-state index < -0.39 is 6.61 Å². The lowest BCUT2D eigenvalue weighted by Gasteiger charge is -2.33. The highest BCUT2D eigenvalue weighted by atomic mass is 16.3. The summed E-state index contributed by atoms with van der Waals surface area (Å²) >= 11 is 0. The fourth-order valence-corrected chi connectivity index (χ4v) is 3.52. The Kier molecular flexibility index (Phi) is 3.13. The second-order valence-electron chi connectivity index (χ2n) is 6.00. The van der Waals surface area contributed by atoms with Crippen LogP contribution in [-0.2, 0) is 17.6 Å². The van der Waals surface area contributed by atoms with Crippen LogP contribution >= 0.6 is 0 Å². The summed E-state index contributed by atoms with van der Waals surface area (Å²) in [5, 5.41) is 8.96. The normalized spacial score (nSPS) is 25.1. The third-order valence-corrected chi connectivity index (χ3v) is 4.80. The molecule has 1 fully saturated rings. The first-order valence-corrected chi connectivity index (χ1v) is 7.07. The van der Waals surface area contributed by atoms with Gasteiger partial charge in [-0.3, -0.25) is 9.59 Å². The number of amides is 1. The van der Waals surface area contributed by atoms with Crippen molar-refractivity contribution >= 4 is 11.7 Å². The minimum Gasteiger partial charge on any atom is -0.388 e. The van der Waals surface area contributed by atoms with Crippen molar-refractivity contribution in [2.45, 2.75) is 25.7 Å². The summed E-state index contributed by atoms with van der Waals surface area (Å²) in [5.74, 6) is -0.0238. The maximum Gasteiger partial charge on any atom is 0.228 e. The Labute approximate surface area is 118 Å². The van der Waals surface area contributed by atoms with E-state index in [1.165, 1.54) is 5.56 Å². The Bertz CT molecular complexity index is 581. The molecule has 1 saturated heterocycles. The number of aryl methyl sites for hydroxylation is 1. The van der Waals surface area contributed by atoms with E-state index in [4.69, 9.17) is 5.11 Å². The SMILES string of the molecule is CN1CC[C@@]2(CCc3ccc(C(=O)CO)cc3C2)C1=O. The number of benzene rings is 1. The predicted octanol–water partition coefficient (Wildman–Crippen LogP) is 1.20. The topological polar surface area (TPSA) is 57.6 Å². The lowest BCUT2D eigenvalue weighted by Crippen LogP contribution is -2.37. The molecule has 1 N–H and O–H groups in total. The van der Waals surface area contributed by atoms with Gasteiger partial charge in [-0.05, 0) is 42.9 Å². The van der Waals surface area contributed by atoms with Crippen LogP contribution in [0.1, 0.15) is 34.3 Å². The average Bonchev–Trinajstić information content (AvgIpc) is 2.74. The minimum absolute atomic E-state index is 0.238. The Hall–Kier alpha value is -1.68. The van der Waals surface area contributed by atoms with Crippen LogP contribution in [0.2, 0.25) is 0 Å². The van der Waals surface area contributed by atoms with Crippen molar-refractivity contribution in [3.63, 3.8) is 0 Å². The number of carbonyl (C=O) groups is 2. The van der Waals surface area contributed by atoms with E-state index >= 15 is 0 Å². The quantitative estimate of drug-likeness (QED) is 0.824. The lowest BCUT2D eigenvalue weighted by molar-refractivity contribution is -0.135. The molecule has 3 rings (SSSR count). The molecule has 1 aromatic rings. The number of nitrogens with zero attached hydrogens (tertiary/aromatic N) is 1. The fraction of sp³-hybridized carbons (Fsp3) is 0.500. The van der Waals surface area contributed by atoms with Gasteiger partial charge in [-0.1, -0.05) is 12.1 Å². The number of Topliss-reactive ketones (excluding diaryl/α,β-unsaturated/α-hetero) is 1. The molecule has 4 nitrogen and oxygen atoms in total. The summed E-state index contributed by atoms with van der Waals surface area (Å²) in [4.78, 5) is 25.8. The molecule has 0 aromatic heterocycles. The summed E-state index contributed by atoms with van der Waals surface area (Å²) in [6.07, 6.45) is 3.41. The summed E-state index contributed by atoms with van der Waals surface area (Å²) < 4.78 is 0. The molecular weight excluding hydrogens is 254 g/mol. The first kappa shape index (κ1) is 13.3. The first-order chi connectivity index (χ1) is 9.55. The molecule has 1 aliphatic carbocycles. The number of fused-ring (bicyclic) bond motifs is 1. The van der Waals surface area contributed by atoms with Crippen LogP contribution in [0.5, 0.6) is 0 Å². The van der Waals surface area contributed by atoms with Gasteiger partial charge in [0.1, 0.15) is 6.61 Å². The summed E-state index contributed by atoms with van der Waals surface area (Å²) in [6.45, 7) is 0.356. The Morgan fingerprint density at radius 1 is 1.35 bits per heavy atom. The van der Waals surface area contributed by atoms with Gasteiger partial charge in [0.25, 0.3) is 0 Å². The number of aliphatic hydroxyl groups excluding tert-OH is 1. The van der Waals surface area contributed by atoms with Gasteiger partial charge in [0.05, 0.1) is 5.41 Å². The van der Waals surface area contributed by atoms with Crippen molar-refractivity contribution < 1.29 is 14.7 Å². The zero-order chi connectivity index (χ0) is 14.3. The standard InChI is InChI=1S/C16H19NO3/c1-17-7-6-16(15(17)20)5-4-11-2-3-12(14(19)10-18)8-13(11)9-16/h2-3,8,18H,4-7,9-10H2,1H3/t16-/m1/s1. The van der Waals surface area contributed by atoms with E-state index in [2.05, 4.69) is 0 Å². The molecule has 0 unspecified atom stereocenters. The molecule has 0 bridgehead atoms. The smallest absolute Gasteiger partial charge is 0.228 e. The van der Waals surface area contributed by atoms with Gasteiger partial charge >= 0.3 is 0 Å². The largest absolute Gasteiger partial charge is 0.388 e. The molecule has 2 aliphatic rings. The maximum atomic E-state index is 12.4. The molecule has 106 valence electrons. The van der Waals surface area contributed by atoms with Crippen LogP contribution in [0.3, 0.4) is 0 Å². The highest BCUT2D eigenvalue weighted by Gasteiger charge is 2.46. The highest BCUT2D eigenvalue weighted by molar-refractivity contribution is 5.97. The van der Waals surface area contributed by atoms with Gasteiger partial charge in [-0.25, -0.2) is 0 Å². The number of rotatable bonds is 2. The van der Waals surface area contributed by atoms with Crippen LogP contribution in [0, 0.1) is 5.41 Å². The van der Waals surface area contributed by atoms with Gasteiger partial charge in [0, 0.05) is 19.2 Å². The number of aliphatic hydroxyl groups is 1. The second kappa shape index (κ2) is 4.70. The summed E-state index contributed by atoms with van der Waals surface area (Å²) in [5.41, 5.74) is 2.61. The van der Waals surface area contributed by atoms with Gasteiger partial charge in [0.15, 0.2) is 5.78 Å². The summed E-state index contributed by atoms with van der Waals surface area (Å²) in [6, 6.07) is 5.60. The third kappa shape index (κ3) is 1.95. The molecule has 1 atom stereocenters. The van der Waals surface area contributed by atoms with Crippen molar-refractivity contribution in [2.24, 2.45) is 5.41 Å². The predicted molar refractivity (Wildman–Crippen MR) is 74.6 cm³/mol. The molecule has 4 heteroatoms. The number of ketones is 1. The molecule has 0 saturated carbocycles. The van der Waals surface area contributed by atoms with Crippen molar-refractivity contribution in [3.8, 4) is 0 Å². The minimum atomic E-state index is -0.467. The third-order valence-electron chi connectivity index (χ3n) is 4.80. The van der Waals surface area contributed by atoms with E-state index in [1.807, 2.05) is 24.1 Å². The number of likely N-dealkylation sites (tertiary alicyclic amines) is 1. The van der Waals surface area contributed by atoms with E-state index in [0.717, 1.165) is 37.8 Å². The monoisotopic (exact) mass is 273 g/mol. The zero-order valence-electron chi connectivity index (χ0n) is 11.7. The molecule has 20 heavy (non-hydrogen) atoms. The number of hydrogen-bond donors (Lipinski definition) is 1. The first-order valence-electron chi connectivity index (χ1n) is 7.07. The van der Waals surface area contributed by atoms with Crippen molar-refractivity contribution in [2.75, 3.05) is 20.2 Å². The molecule has 1 spiro atoms. The van der Waals surface area contributed by atoms with Crippen LogP contribution in [-0.4, -0.2) is 41.9 Å². The van der Waals surface area contributed by atoms with E-state index in [-0.39, 0.29) is 17.1 Å². The Balaban J connectivity index is 1.94. The van der Waals surface area contributed by atoms with Crippen LogP contribution in [0.4, 0.5) is 0 Å². The number of hydrogen-bond acceptors (Lipinski definition) is 3. The van der Waals surface area contributed by atoms with Crippen molar-refractivity contribution in [3.05, 3.63) is 34.9 Å². The number of carbonyl (C=O) groups excluding carboxylic acids is 2. The van der Waals surface area contributed by atoms with E-state index in [1.54, 1.807) is 6.07 Å². The second-order valence-corrected chi connectivity index (χ2v) is 6.00. The maximum absolute atomic E-state index is 12.4. The zero-order valence-corrected chi connectivity index (χ0v) is 11.7. The molecule has 1 aromatic carbocycles. The summed E-state index contributed by atoms with van der Waals surface area (Å²) in [7, 11) is 1.86. The highest BCUT2D eigenvalue weighted by Crippen LogP contribution is 2.43. The molecule has 0 radical (unpaired) electrons. The average molecular weight is 273 g/mol. The van der Waals surface area contributed by atoms with Crippen LogP contribution in [0.15, 0.2) is 18.2 Å². The fourth-order valence-electron chi connectivity index (χ4n) is 3.52. The van der Waals surface area contributed by atoms with Gasteiger partial charge < -0.3 is 10.0 Å². The van der Waals surface area contributed by atoms with Gasteiger partial charge in [0.2, 0.25) is 5.91 Å². The van der Waals surface area contributed by atoms with Crippen molar-refractivity contribution in [1.29, 1.82) is 0 Å². The van der Waals surface area contributed by atoms with Crippen LogP contribution in [0.25, 0.3) is 0 Å². The van der Waals surface area contributed by atoms with Gasteiger partial charge in [-0.2, -0.15) is 0 Å². The van der Waals surface area contributed by atoms with Crippen LogP contribution < -0.4 is 0 Å². The lowest BCUT2D eigenvalue weighted by atomic mass is 9.70. The molecule has 1 amide bonds. The van der Waals surface area contributed by atoms with Crippen molar-refractivity contribution in [1.82, 2.24) is 4.90 Å². The van der Waals surface area contributed by atoms with E-state index in [9.17, 15) is 9.59 Å². The molecule has 1 heterocycles.